The van der Waals surface area contributed by atoms with Crippen molar-refractivity contribution >= 4 is 15.9 Å². The molecule has 3 unspecified atom stereocenters. The molecule has 2 N–H and O–H groups in total. The molecule has 0 radical (unpaired) electrons. The number of halogens is 1. The van der Waals surface area contributed by atoms with Gasteiger partial charge in [0.2, 0.25) is 0 Å². The maximum atomic E-state index is 6.24. The van der Waals surface area contributed by atoms with Crippen molar-refractivity contribution in [2.24, 2.45) is 5.73 Å². The van der Waals surface area contributed by atoms with Crippen molar-refractivity contribution in [2.45, 2.75) is 38.9 Å². The summed E-state index contributed by atoms with van der Waals surface area (Å²) in [5, 5.41) is 0. The molecule has 1 aromatic rings. The van der Waals surface area contributed by atoms with Gasteiger partial charge in [0.1, 0.15) is 0 Å². The topological polar surface area (TPSA) is 38.5 Å². The fraction of sp³-hybridized carbons (Fsp3) is 0.600. The number of nitrogens with zero attached hydrogens (tertiary/aromatic N) is 1. The smallest absolute Gasteiger partial charge is 0.0615 e. The first-order chi connectivity index (χ1) is 9.02. The molecule has 1 aromatic carbocycles. The van der Waals surface area contributed by atoms with Crippen LogP contribution >= 0.6 is 15.9 Å². The fourth-order valence-electron chi connectivity index (χ4n) is 2.60. The van der Waals surface area contributed by atoms with Crippen LogP contribution in [0.2, 0.25) is 0 Å². The Bertz CT molecular complexity index is 384. The van der Waals surface area contributed by atoms with Crippen LogP contribution in [0.15, 0.2) is 28.7 Å². The summed E-state index contributed by atoms with van der Waals surface area (Å²) in [7, 11) is 1.74. The van der Waals surface area contributed by atoms with E-state index in [-0.39, 0.29) is 12.1 Å². The first kappa shape index (κ1) is 16.6. The molecule has 0 aliphatic heterocycles. The molecule has 4 heteroatoms. The van der Waals surface area contributed by atoms with Crippen LogP contribution in [0.25, 0.3) is 0 Å². The molecule has 108 valence electrons. The van der Waals surface area contributed by atoms with E-state index in [4.69, 9.17) is 10.5 Å². The van der Waals surface area contributed by atoms with Gasteiger partial charge in [0.25, 0.3) is 0 Å². The number of nitrogens with two attached hydrogens (primary N) is 1. The Labute approximate surface area is 125 Å². The maximum absolute atomic E-state index is 6.24. The lowest BCUT2D eigenvalue weighted by Crippen LogP contribution is -2.45. The highest BCUT2D eigenvalue weighted by molar-refractivity contribution is 9.10. The molecule has 0 spiro atoms. The van der Waals surface area contributed by atoms with E-state index in [1.54, 1.807) is 7.11 Å². The van der Waals surface area contributed by atoms with Crippen molar-refractivity contribution in [2.75, 3.05) is 20.3 Å². The van der Waals surface area contributed by atoms with Gasteiger partial charge in [-0.25, -0.2) is 0 Å². The summed E-state index contributed by atoms with van der Waals surface area (Å²) in [6.07, 6.45) is 0. The van der Waals surface area contributed by atoms with Crippen LogP contribution in [0.1, 0.15) is 32.4 Å². The van der Waals surface area contributed by atoms with E-state index in [0.717, 1.165) is 11.0 Å². The van der Waals surface area contributed by atoms with Crippen molar-refractivity contribution in [3.05, 3.63) is 34.3 Å². The van der Waals surface area contributed by atoms with Crippen LogP contribution in [-0.2, 0) is 4.74 Å². The lowest BCUT2D eigenvalue weighted by molar-refractivity contribution is 0.0652. The number of rotatable bonds is 7. The van der Waals surface area contributed by atoms with Crippen LogP contribution in [0.4, 0.5) is 0 Å². The average molecular weight is 329 g/mol. The van der Waals surface area contributed by atoms with Gasteiger partial charge in [-0.2, -0.15) is 0 Å². The zero-order chi connectivity index (χ0) is 14.4. The number of benzene rings is 1. The van der Waals surface area contributed by atoms with Gasteiger partial charge >= 0.3 is 0 Å². The summed E-state index contributed by atoms with van der Waals surface area (Å²) in [6.45, 7) is 8.06. The molecule has 0 aliphatic rings. The SMILES string of the molecule is CCN(C(C)COC)C(c1ccccc1Br)C(C)N. The number of hydrogen-bond donors (Lipinski definition) is 1. The number of ether oxygens (including phenoxy) is 1. The predicted molar refractivity (Wildman–Crippen MR) is 84.3 cm³/mol. The fourth-order valence-corrected chi connectivity index (χ4v) is 3.12. The molecule has 1 rings (SSSR count). The normalized spacial score (nSPS) is 16.4. The summed E-state index contributed by atoms with van der Waals surface area (Å²) < 4.78 is 6.40. The zero-order valence-corrected chi connectivity index (χ0v) is 13.9. The van der Waals surface area contributed by atoms with Crippen LogP contribution in [-0.4, -0.2) is 37.2 Å². The Morgan fingerprint density at radius 2 is 1.95 bits per heavy atom. The summed E-state index contributed by atoms with van der Waals surface area (Å²) in [4.78, 5) is 2.40. The molecule has 0 aromatic heterocycles. The first-order valence-corrected chi connectivity index (χ1v) is 7.56. The van der Waals surface area contributed by atoms with Gasteiger partial charge in [0, 0.05) is 23.7 Å². The molecule has 0 heterocycles. The molecular weight excluding hydrogens is 304 g/mol. The van der Waals surface area contributed by atoms with E-state index < -0.39 is 0 Å². The molecule has 0 fully saturated rings. The van der Waals surface area contributed by atoms with E-state index in [1.807, 2.05) is 6.07 Å². The minimum Gasteiger partial charge on any atom is -0.383 e. The Morgan fingerprint density at radius 1 is 1.32 bits per heavy atom. The monoisotopic (exact) mass is 328 g/mol. The average Bonchev–Trinajstić information content (AvgIpc) is 2.36. The second-order valence-electron chi connectivity index (χ2n) is 4.96. The highest BCUT2D eigenvalue weighted by Crippen LogP contribution is 2.31. The zero-order valence-electron chi connectivity index (χ0n) is 12.3. The Kier molecular flexibility index (Phi) is 7.00. The van der Waals surface area contributed by atoms with Gasteiger partial charge in [-0.15, -0.1) is 0 Å². The molecule has 0 bridgehead atoms. The number of hydrogen-bond acceptors (Lipinski definition) is 3. The van der Waals surface area contributed by atoms with Gasteiger partial charge in [-0.3, -0.25) is 4.90 Å². The summed E-state index contributed by atoms with van der Waals surface area (Å²) >= 11 is 3.64. The van der Waals surface area contributed by atoms with Crippen molar-refractivity contribution in [3.8, 4) is 0 Å². The van der Waals surface area contributed by atoms with E-state index in [0.29, 0.717) is 12.6 Å². The van der Waals surface area contributed by atoms with Crippen LogP contribution in [0.3, 0.4) is 0 Å². The molecule has 19 heavy (non-hydrogen) atoms. The molecule has 0 aliphatic carbocycles. The standard InChI is InChI=1S/C15H25BrN2O/c1-5-18(11(2)10-19-4)15(12(3)17)13-8-6-7-9-14(13)16/h6-9,11-12,15H,5,10,17H2,1-4H3. The highest BCUT2D eigenvalue weighted by atomic mass is 79.9. The third-order valence-corrected chi connectivity index (χ3v) is 4.14. The summed E-state index contributed by atoms with van der Waals surface area (Å²) in [5.74, 6) is 0. The Hall–Kier alpha value is -0.420. The minimum atomic E-state index is 0.0537. The highest BCUT2D eigenvalue weighted by Gasteiger charge is 2.28. The van der Waals surface area contributed by atoms with Crippen LogP contribution in [0, 0.1) is 0 Å². The summed E-state index contributed by atoms with van der Waals surface area (Å²) in [6, 6.07) is 8.87. The van der Waals surface area contributed by atoms with E-state index in [1.165, 1.54) is 5.56 Å². The Balaban J connectivity index is 3.08. The van der Waals surface area contributed by atoms with Gasteiger partial charge < -0.3 is 10.5 Å². The van der Waals surface area contributed by atoms with Crippen molar-refractivity contribution in [1.82, 2.24) is 4.90 Å². The van der Waals surface area contributed by atoms with Gasteiger partial charge in [-0.1, -0.05) is 41.1 Å². The lowest BCUT2D eigenvalue weighted by Gasteiger charge is -2.38. The quantitative estimate of drug-likeness (QED) is 0.835. The van der Waals surface area contributed by atoms with Crippen molar-refractivity contribution in [1.29, 1.82) is 0 Å². The number of likely N-dealkylation sites (N-methyl/N-ethyl adjacent to an activating group) is 1. The molecule has 0 saturated heterocycles. The third kappa shape index (κ3) is 4.28. The number of methoxy groups -OCH3 is 1. The predicted octanol–water partition coefficient (Wildman–Crippen LogP) is 3.19. The molecular formula is C15H25BrN2O. The molecule has 3 nitrogen and oxygen atoms in total. The van der Waals surface area contributed by atoms with Gasteiger partial charge in [0.15, 0.2) is 0 Å². The molecule has 0 saturated carbocycles. The summed E-state index contributed by atoms with van der Waals surface area (Å²) in [5.41, 5.74) is 7.48. The van der Waals surface area contributed by atoms with Crippen LogP contribution in [0.5, 0.6) is 0 Å². The third-order valence-electron chi connectivity index (χ3n) is 3.42. The Morgan fingerprint density at radius 3 is 2.42 bits per heavy atom. The first-order valence-electron chi connectivity index (χ1n) is 6.77. The van der Waals surface area contributed by atoms with Gasteiger partial charge in [0.05, 0.1) is 12.6 Å². The van der Waals surface area contributed by atoms with Crippen molar-refractivity contribution in [3.63, 3.8) is 0 Å². The van der Waals surface area contributed by atoms with Gasteiger partial charge in [-0.05, 0) is 32.0 Å². The van der Waals surface area contributed by atoms with E-state index in [9.17, 15) is 0 Å². The molecule has 3 atom stereocenters. The maximum Gasteiger partial charge on any atom is 0.0615 e. The lowest BCUT2D eigenvalue weighted by atomic mass is 9.97. The second kappa shape index (κ2) is 8.00. The largest absolute Gasteiger partial charge is 0.383 e. The van der Waals surface area contributed by atoms with Crippen molar-refractivity contribution < 1.29 is 4.74 Å². The minimum absolute atomic E-state index is 0.0537. The second-order valence-corrected chi connectivity index (χ2v) is 5.81. The van der Waals surface area contributed by atoms with E-state index >= 15 is 0 Å². The van der Waals surface area contributed by atoms with Crippen LogP contribution < -0.4 is 5.73 Å². The molecule has 0 amide bonds. The van der Waals surface area contributed by atoms with E-state index in [2.05, 4.69) is 59.8 Å².